The quantitative estimate of drug-likeness (QED) is 0.519. The molecule has 0 saturated heterocycles. The molecule has 0 aliphatic rings. The second-order valence-corrected chi connectivity index (χ2v) is 5.64. The summed E-state index contributed by atoms with van der Waals surface area (Å²) in [4.78, 5) is 11.2. The average Bonchev–Trinajstić information content (AvgIpc) is 1.62. The Bertz CT molecular complexity index is 111. The first-order chi connectivity index (χ1) is 3.85. The van der Waals surface area contributed by atoms with E-state index in [-0.39, 0.29) is 16.3 Å². The van der Waals surface area contributed by atoms with Crippen LogP contribution in [0.3, 0.4) is 0 Å². The fraction of sp³-hybridized carbons (Fsp3) is 0.857. The van der Waals surface area contributed by atoms with E-state index in [0.29, 0.717) is 5.12 Å². The largest absolute Gasteiger partial charge is 0.289 e. The van der Waals surface area contributed by atoms with E-state index < -0.39 is 0 Å². The van der Waals surface area contributed by atoms with Crippen LogP contribution in [-0.4, -0.2) is 17.6 Å². The average molecular weight is 148 g/mol. The van der Waals surface area contributed by atoms with Gasteiger partial charge >= 0.3 is 0 Å². The highest BCUT2D eigenvalue weighted by Gasteiger charge is 2.21. The van der Waals surface area contributed by atoms with Crippen LogP contribution in [0.5, 0.6) is 0 Å². The Morgan fingerprint density at radius 3 is 1.56 bits per heavy atom. The van der Waals surface area contributed by atoms with Crippen molar-refractivity contribution in [2.75, 3.05) is 12.5 Å². The Labute approximate surface area is 60.2 Å². The minimum Gasteiger partial charge on any atom is -0.289 e. The van der Waals surface area contributed by atoms with Gasteiger partial charge in [-0.15, -0.1) is 0 Å². The smallest absolute Gasteiger partial charge is 0.174 e. The van der Waals surface area contributed by atoms with Gasteiger partial charge in [-0.25, -0.2) is 0 Å². The molecule has 0 aliphatic carbocycles. The zero-order chi connectivity index (χ0) is 7.65. The molecule has 0 aromatic rings. The third-order valence-corrected chi connectivity index (χ3v) is 2.53. The standard InChI is InChI=1S/C7H16OS/c1-7(2,3)6(8)9(4)5/h9H,1-5H3. The molecular weight excluding hydrogens is 132 g/mol. The molecule has 0 rings (SSSR count). The second kappa shape index (κ2) is 2.74. The van der Waals surface area contributed by atoms with E-state index in [0.717, 1.165) is 0 Å². The normalized spacial score (nSPS) is 13.2. The molecule has 0 bridgehead atoms. The number of hydrogen-bond donors (Lipinski definition) is 1. The molecule has 0 N–H and O–H groups in total. The molecule has 0 saturated carbocycles. The van der Waals surface area contributed by atoms with Crippen molar-refractivity contribution in [2.45, 2.75) is 20.8 Å². The number of rotatable bonds is 0. The molecule has 0 heterocycles. The Morgan fingerprint density at radius 2 is 1.56 bits per heavy atom. The van der Waals surface area contributed by atoms with Crippen LogP contribution in [0.4, 0.5) is 0 Å². The molecule has 2 heteroatoms. The van der Waals surface area contributed by atoms with Crippen LogP contribution in [0.15, 0.2) is 0 Å². The van der Waals surface area contributed by atoms with Gasteiger partial charge in [0.05, 0.1) is 0 Å². The number of thiol groups is 1. The summed E-state index contributed by atoms with van der Waals surface area (Å²) in [5.74, 6) is 0. The van der Waals surface area contributed by atoms with Crippen molar-refractivity contribution >= 4 is 16.0 Å². The molecule has 1 nitrogen and oxygen atoms in total. The molecule has 0 spiro atoms. The zero-order valence-electron chi connectivity index (χ0n) is 6.86. The summed E-state index contributed by atoms with van der Waals surface area (Å²) >= 11 is 0. The highest BCUT2D eigenvalue weighted by atomic mass is 32.2. The Kier molecular flexibility index (Phi) is 2.74. The number of carbonyl (C=O) groups is 1. The monoisotopic (exact) mass is 148 g/mol. The molecule has 0 unspecified atom stereocenters. The molecule has 0 fully saturated rings. The number of carbonyl (C=O) groups excluding carboxylic acids is 1. The summed E-state index contributed by atoms with van der Waals surface area (Å²) in [6.07, 6.45) is 4.01. The maximum Gasteiger partial charge on any atom is 0.174 e. The maximum atomic E-state index is 11.2. The lowest BCUT2D eigenvalue weighted by atomic mass is 10.00. The fourth-order valence-electron chi connectivity index (χ4n) is 0.671. The van der Waals surface area contributed by atoms with Gasteiger partial charge in [-0.2, -0.15) is 10.9 Å². The van der Waals surface area contributed by atoms with Crippen LogP contribution in [0.2, 0.25) is 0 Å². The van der Waals surface area contributed by atoms with E-state index in [2.05, 4.69) is 0 Å². The lowest BCUT2D eigenvalue weighted by Gasteiger charge is -2.20. The first-order valence-electron chi connectivity index (χ1n) is 3.07. The van der Waals surface area contributed by atoms with Crippen molar-refractivity contribution < 1.29 is 4.79 Å². The van der Waals surface area contributed by atoms with E-state index in [1.54, 1.807) is 0 Å². The van der Waals surface area contributed by atoms with Crippen molar-refractivity contribution in [2.24, 2.45) is 5.41 Å². The van der Waals surface area contributed by atoms with E-state index in [1.165, 1.54) is 0 Å². The van der Waals surface area contributed by atoms with Gasteiger partial charge in [0.2, 0.25) is 0 Å². The van der Waals surface area contributed by atoms with Gasteiger partial charge in [-0.1, -0.05) is 20.8 Å². The van der Waals surface area contributed by atoms with Crippen LogP contribution >= 0.6 is 10.9 Å². The van der Waals surface area contributed by atoms with E-state index in [4.69, 9.17) is 0 Å². The van der Waals surface area contributed by atoms with Crippen LogP contribution in [0.1, 0.15) is 20.8 Å². The van der Waals surface area contributed by atoms with Gasteiger partial charge in [0.25, 0.3) is 0 Å². The van der Waals surface area contributed by atoms with Crippen molar-refractivity contribution in [1.82, 2.24) is 0 Å². The predicted octanol–water partition coefficient (Wildman–Crippen LogP) is 1.82. The molecule has 0 atom stereocenters. The summed E-state index contributed by atoms with van der Waals surface area (Å²) in [5, 5.41) is 0.400. The summed E-state index contributed by atoms with van der Waals surface area (Å²) in [6.45, 7) is 5.91. The van der Waals surface area contributed by atoms with Crippen LogP contribution in [0.25, 0.3) is 0 Å². The summed E-state index contributed by atoms with van der Waals surface area (Å²) < 4.78 is 0. The summed E-state index contributed by atoms with van der Waals surface area (Å²) in [6, 6.07) is 0. The van der Waals surface area contributed by atoms with Crippen LogP contribution in [-0.2, 0) is 4.79 Å². The summed E-state index contributed by atoms with van der Waals surface area (Å²) in [7, 11) is -0.389. The first kappa shape index (κ1) is 9.02. The molecule has 9 heavy (non-hydrogen) atoms. The topological polar surface area (TPSA) is 17.1 Å². The van der Waals surface area contributed by atoms with Crippen molar-refractivity contribution in [3.05, 3.63) is 0 Å². The lowest BCUT2D eigenvalue weighted by Crippen LogP contribution is -2.18. The maximum absolute atomic E-state index is 11.2. The molecule has 0 aliphatic heterocycles. The predicted molar refractivity (Wildman–Crippen MR) is 45.3 cm³/mol. The van der Waals surface area contributed by atoms with E-state index >= 15 is 0 Å². The lowest BCUT2D eigenvalue weighted by molar-refractivity contribution is -0.117. The van der Waals surface area contributed by atoms with E-state index in [1.807, 2.05) is 33.3 Å². The molecule has 0 amide bonds. The molecule has 56 valence electrons. The van der Waals surface area contributed by atoms with E-state index in [9.17, 15) is 4.79 Å². The van der Waals surface area contributed by atoms with Crippen LogP contribution in [0, 0.1) is 5.41 Å². The van der Waals surface area contributed by atoms with Gasteiger partial charge in [-0.05, 0) is 12.5 Å². The third kappa shape index (κ3) is 2.89. The van der Waals surface area contributed by atoms with Crippen molar-refractivity contribution in [3.63, 3.8) is 0 Å². The Balaban J connectivity index is 4.06. The highest BCUT2D eigenvalue weighted by Crippen LogP contribution is 2.28. The molecule has 0 radical (unpaired) electrons. The second-order valence-electron chi connectivity index (χ2n) is 3.45. The van der Waals surface area contributed by atoms with Crippen molar-refractivity contribution in [1.29, 1.82) is 0 Å². The van der Waals surface area contributed by atoms with Gasteiger partial charge in [0, 0.05) is 5.41 Å². The van der Waals surface area contributed by atoms with Crippen molar-refractivity contribution in [3.8, 4) is 0 Å². The minimum atomic E-state index is -0.389. The fourth-order valence-corrected chi connectivity index (χ4v) is 2.01. The van der Waals surface area contributed by atoms with Gasteiger partial charge in [0.1, 0.15) is 0 Å². The highest BCUT2D eigenvalue weighted by molar-refractivity contribution is 8.28. The minimum absolute atomic E-state index is 0.130. The molecule has 0 aromatic carbocycles. The number of hydrogen-bond acceptors (Lipinski definition) is 1. The Hall–Kier alpha value is 0.0200. The SMILES string of the molecule is C[SH](C)C(=O)C(C)(C)C. The Morgan fingerprint density at radius 1 is 1.22 bits per heavy atom. The van der Waals surface area contributed by atoms with Gasteiger partial charge < -0.3 is 0 Å². The third-order valence-electron chi connectivity index (χ3n) is 1.05. The zero-order valence-corrected chi connectivity index (χ0v) is 7.75. The molecule has 0 aromatic heterocycles. The summed E-state index contributed by atoms with van der Waals surface area (Å²) in [5.41, 5.74) is -0.130. The van der Waals surface area contributed by atoms with Gasteiger partial charge in [-0.3, -0.25) is 4.79 Å². The molecular formula is C7H16OS. The van der Waals surface area contributed by atoms with Gasteiger partial charge in [0.15, 0.2) is 5.12 Å². The first-order valence-corrected chi connectivity index (χ1v) is 5.31. The van der Waals surface area contributed by atoms with Crippen LogP contribution < -0.4 is 0 Å².